The molecule has 0 saturated carbocycles. The maximum atomic E-state index is 9.92. The van der Waals surface area contributed by atoms with Gasteiger partial charge >= 0.3 is 0 Å². The second kappa shape index (κ2) is 4.29. The third kappa shape index (κ3) is 1.60. The van der Waals surface area contributed by atoms with Crippen molar-refractivity contribution >= 4 is 11.0 Å². The number of aromatic nitrogens is 3. The summed E-state index contributed by atoms with van der Waals surface area (Å²) in [6.45, 7) is -0.360. The molecule has 1 aromatic carbocycles. The van der Waals surface area contributed by atoms with Gasteiger partial charge in [0.15, 0.2) is 6.23 Å². The fourth-order valence-corrected chi connectivity index (χ4v) is 2.16. The summed E-state index contributed by atoms with van der Waals surface area (Å²) >= 11 is 0. The molecule has 0 spiro atoms. The van der Waals surface area contributed by atoms with Gasteiger partial charge in [-0.1, -0.05) is 17.3 Å². The summed E-state index contributed by atoms with van der Waals surface area (Å²) < 4.78 is 6.81. The molecule has 1 saturated heterocycles. The number of para-hydroxylation sites is 1. The molecular formula is C11H13N3O4. The van der Waals surface area contributed by atoms with Crippen LogP contribution in [0.3, 0.4) is 0 Å². The van der Waals surface area contributed by atoms with Crippen molar-refractivity contribution in [2.24, 2.45) is 0 Å². The lowest BCUT2D eigenvalue weighted by Crippen LogP contribution is -2.33. The van der Waals surface area contributed by atoms with E-state index in [1.807, 2.05) is 12.1 Å². The Labute approximate surface area is 102 Å². The van der Waals surface area contributed by atoms with Crippen LogP contribution in [-0.2, 0) is 4.74 Å². The Morgan fingerprint density at radius 2 is 2.00 bits per heavy atom. The van der Waals surface area contributed by atoms with Crippen molar-refractivity contribution in [3.05, 3.63) is 24.3 Å². The van der Waals surface area contributed by atoms with Crippen LogP contribution in [0.25, 0.3) is 11.0 Å². The Balaban J connectivity index is 2.00. The minimum atomic E-state index is -1.15. The summed E-state index contributed by atoms with van der Waals surface area (Å²) in [5, 5.41) is 36.5. The summed E-state index contributed by atoms with van der Waals surface area (Å²) in [7, 11) is 0. The summed E-state index contributed by atoms with van der Waals surface area (Å²) in [6.07, 6.45) is -3.94. The minimum absolute atomic E-state index is 0.360. The Morgan fingerprint density at radius 1 is 1.22 bits per heavy atom. The van der Waals surface area contributed by atoms with E-state index < -0.39 is 24.5 Å². The van der Waals surface area contributed by atoms with Crippen LogP contribution in [0, 0.1) is 0 Å². The normalized spacial score (nSPS) is 32.2. The molecule has 4 atom stereocenters. The molecule has 0 bridgehead atoms. The summed E-state index contributed by atoms with van der Waals surface area (Å²) in [6, 6.07) is 7.24. The van der Waals surface area contributed by atoms with Crippen LogP contribution in [0.15, 0.2) is 24.3 Å². The maximum Gasteiger partial charge on any atom is 0.181 e. The molecule has 1 aliphatic rings. The molecule has 96 valence electrons. The molecule has 7 heteroatoms. The topological polar surface area (TPSA) is 101 Å². The highest BCUT2D eigenvalue weighted by Crippen LogP contribution is 2.30. The monoisotopic (exact) mass is 251 g/mol. The highest BCUT2D eigenvalue weighted by Gasteiger charge is 2.44. The molecule has 18 heavy (non-hydrogen) atoms. The van der Waals surface area contributed by atoms with E-state index in [9.17, 15) is 10.2 Å². The summed E-state index contributed by atoms with van der Waals surface area (Å²) in [5.41, 5.74) is 1.38. The molecule has 0 amide bonds. The quantitative estimate of drug-likeness (QED) is 0.635. The van der Waals surface area contributed by atoms with E-state index in [2.05, 4.69) is 10.3 Å². The third-order valence-corrected chi connectivity index (χ3v) is 3.14. The largest absolute Gasteiger partial charge is 0.394 e. The van der Waals surface area contributed by atoms with Gasteiger partial charge < -0.3 is 20.1 Å². The van der Waals surface area contributed by atoms with Gasteiger partial charge in [-0.3, -0.25) is 0 Å². The first-order valence-corrected chi connectivity index (χ1v) is 5.65. The fraction of sp³-hybridized carbons (Fsp3) is 0.455. The molecule has 0 radical (unpaired) electrons. The van der Waals surface area contributed by atoms with Gasteiger partial charge in [0.2, 0.25) is 0 Å². The van der Waals surface area contributed by atoms with Gasteiger partial charge in [0.1, 0.15) is 23.8 Å². The predicted octanol–water partition coefficient (Wildman–Crippen LogP) is -0.957. The van der Waals surface area contributed by atoms with Gasteiger partial charge in [-0.25, -0.2) is 4.68 Å². The van der Waals surface area contributed by atoms with E-state index in [1.54, 1.807) is 12.1 Å². The van der Waals surface area contributed by atoms with Crippen LogP contribution >= 0.6 is 0 Å². The zero-order valence-electron chi connectivity index (χ0n) is 9.42. The number of fused-ring (bicyclic) bond motifs is 1. The molecule has 1 fully saturated rings. The number of rotatable bonds is 2. The average Bonchev–Trinajstić information content (AvgIpc) is 2.93. The van der Waals surface area contributed by atoms with Crippen LogP contribution in [0.5, 0.6) is 0 Å². The van der Waals surface area contributed by atoms with Crippen LogP contribution in [0.4, 0.5) is 0 Å². The first-order chi connectivity index (χ1) is 8.72. The molecule has 7 nitrogen and oxygen atoms in total. The van der Waals surface area contributed by atoms with Gasteiger partial charge in [-0.15, -0.1) is 5.10 Å². The lowest BCUT2D eigenvalue weighted by atomic mass is 10.1. The maximum absolute atomic E-state index is 9.92. The number of aliphatic hydroxyl groups excluding tert-OH is 3. The summed E-state index contributed by atoms with van der Waals surface area (Å²) in [4.78, 5) is 0. The molecular weight excluding hydrogens is 238 g/mol. The van der Waals surface area contributed by atoms with Gasteiger partial charge in [0.25, 0.3) is 0 Å². The molecule has 0 unspecified atom stereocenters. The van der Waals surface area contributed by atoms with E-state index in [1.165, 1.54) is 4.68 Å². The summed E-state index contributed by atoms with van der Waals surface area (Å²) in [5.74, 6) is 0. The van der Waals surface area contributed by atoms with Crippen molar-refractivity contribution in [1.82, 2.24) is 15.0 Å². The van der Waals surface area contributed by atoms with Crippen LogP contribution in [0.1, 0.15) is 6.23 Å². The number of hydrogen-bond acceptors (Lipinski definition) is 6. The van der Waals surface area contributed by atoms with Crippen molar-refractivity contribution in [2.75, 3.05) is 6.61 Å². The van der Waals surface area contributed by atoms with Crippen molar-refractivity contribution in [2.45, 2.75) is 24.5 Å². The van der Waals surface area contributed by atoms with Crippen LogP contribution in [-0.4, -0.2) is 55.2 Å². The molecule has 3 rings (SSSR count). The van der Waals surface area contributed by atoms with E-state index in [-0.39, 0.29) is 6.61 Å². The molecule has 1 aliphatic heterocycles. The number of benzene rings is 1. The average molecular weight is 251 g/mol. The number of hydrogen-bond donors (Lipinski definition) is 3. The van der Waals surface area contributed by atoms with Gasteiger partial charge in [0, 0.05) is 0 Å². The van der Waals surface area contributed by atoms with E-state index in [0.29, 0.717) is 11.0 Å². The molecule has 2 heterocycles. The number of ether oxygens (including phenoxy) is 1. The van der Waals surface area contributed by atoms with E-state index in [4.69, 9.17) is 9.84 Å². The van der Waals surface area contributed by atoms with E-state index >= 15 is 0 Å². The second-order valence-electron chi connectivity index (χ2n) is 4.25. The lowest BCUT2D eigenvalue weighted by molar-refractivity contribution is -0.0572. The van der Waals surface area contributed by atoms with Crippen molar-refractivity contribution in [1.29, 1.82) is 0 Å². The Hall–Kier alpha value is -1.54. The Kier molecular flexibility index (Phi) is 2.75. The fourth-order valence-electron chi connectivity index (χ4n) is 2.16. The standard InChI is InChI=1S/C11H13N3O4/c15-5-8-9(16)10(17)11(18-8)14-7-4-2-1-3-6(7)12-13-14/h1-4,8-11,15-17H,5H2/t8-,9+,10-,11+/m0/s1. The first kappa shape index (κ1) is 11.5. The zero-order chi connectivity index (χ0) is 12.7. The van der Waals surface area contributed by atoms with Crippen molar-refractivity contribution in [3.63, 3.8) is 0 Å². The lowest BCUT2D eigenvalue weighted by Gasteiger charge is -2.14. The third-order valence-electron chi connectivity index (χ3n) is 3.14. The van der Waals surface area contributed by atoms with Gasteiger partial charge in [-0.05, 0) is 12.1 Å². The Morgan fingerprint density at radius 3 is 2.72 bits per heavy atom. The van der Waals surface area contributed by atoms with Gasteiger partial charge in [0.05, 0.1) is 12.1 Å². The molecule has 3 N–H and O–H groups in total. The number of aliphatic hydroxyl groups is 3. The van der Waals surface area contributed by atoms with Crippen molar-refractivity contribution < 1.29 is 20.1 Å². The predicted molar refractivity (Wildman–Crippen MR) is 60.5 cm³/mol. The van der Waals surface area contributed by atoms with Crippen molar-refractivity contribution in [3.8, 4) is 0 Å². The molecule has 0 aliphatic carbocycles. The first-order valence-electron chi connectivity index (χ1n) is 5.65. The zero-order valence-corrected chi connectivity index (χ0v) is 9.42. The minimum Gasteiger partial charge on any atom is -0.394 e. The smallest absolute Gasteiger partial charge is 0.181 e. The number of nitrogens with zero attached hydrogens (tertiary/aromatic N) is 3. The highest BCUT2D eigenvalue weighted by molar-refractivity contribution is 5.73. The SMILES string of the molecule is OC[C@@H]1O[C@@H](n2nnc3ccccc32)[C@@H](O)[C@@H]1O. The Bertz CT molecular complexity index is 558. The molecule has 1 aromatic heterocycles. The molecule has 2 aromatic rings. The van der Waals surface area contributed by atoms with Crippen LogP contribution < -0.4 is 0 Å². The second-order valence-corrected chi connectivity index (χ2v) is 4.25. The van der Waals surface area contributed by atoms with Gasteiger partial charge in [-0.2, -0.15) is 0 Å². The highest BCUT2D eigenvalue weighted by atomic mass is 16.6. The van der Waals surface area contributed by atoms with Crippen LogP contribution in [0.2, 0.25) is 0 Å². The van der Waals surface area contributed by atoms with E-state index in [0.717, 1.165) is 0 Å².